The molecule has 3 rings (SSSR count). The fraction of sp³-hybridized carbons (Fsp3) is 0.300. The van der Waals surface area contributed by atoms with E-state index in [0.717, 1.165) is 5.56 Å². The first-order valence-electron chi connectivity index (χ1n) is 9.54. The van der Waals surface area contributed by atoms with E-state index in [1.54, 1.807) is 12.1 Å². The lowest BCUT2D eigenvalue weighted by atomic mass is 10.2. The van der Waals surface area contributed by atoms with Crippen molar-refractivity contribution in [3.05, 3.63) is 68.2 Å². The van der Waals surface area contributed by atoms with Crippen LogP contribution in [-0.4, -0.2) is 33.8 Å². The highest BCUT2D eigenvalue weighted by Gasteiger charge is 2.20. The number of hydrogen-bond donors (Lipinski definition) is 1. The molecule has 0 aliphatic carbocycles. The van der Waals surface area contributed by atoms with Crippen LogP contribution in [0.4, 0.5) is 5.82 Å². The molecule has 10 nitrogen and oxygen atoms in total. The van der Waals surface area contributed by atoms with Crippen molar-refractivity contribution in [1.82, 2.24) is 15.1 Å². The molecule has 2 heterocycles. The maximum absolute atomic E-state index is 12.4. The van der Waals surface area contributed by atoms with Gasteiger partial charge in [0.2, 0.25) is 0 Å². The zero-order valence-electron chi connectivity index (χ0n) is 17.0. The Labute approximate surface area is 186 Å². The third-order valence-corrected chi connectivity index (χ3v) is 4.70. The summed E-state index contributed by atoms with van der Waals surface area (Å²) in [6.07, 6.45) is 1.47. The molecule has 0 aliphatic rings. The normalized spacial score (nSPS) is 10.7. The van der Waals surface area contributed by atoms with Gasteiger partial charge in [0.05, 0.1) is 24.5 Å². The van der Waals surface area contributed by atoms with Gasteiger partial charge < -0.3 is 29.3 Å². The quantitative estimate of drug-likeness (QED) is 0.336. The average Bonchev–Trinajstić information content (AvgIpc) is 3.35. The van der Waals surface area contributed by atoms with Gasteiger partial charge in [-0.15, -0.1) is 0 Å². The van der Waals surface area contributed by atoms with E-state index in [0.29, 0.717) is 30.5 Å². The summed E-state index contributed by atoms with van der Waals surface area (Å²) in [7, 11) is 0. The molecular formula is C20H21BrN4O6. The molecule has 0 atom stereocenters. The molecule has 0 unspecified atom stereocenters. The summed E-state index contributed by atoms with van der Waals surface area (Å²) in [6, 6.07) is 8.65. The molecule has 0 fully saturated rings. The number of carbonyl (C=O) groups excluding carboxylic acids is 1. The highest BCUT2D eigenvalue weighted by molar-refractivity contribution is 9.10. The maximum atomic E-state index is 12.4. The van der Waals surface area contributed by atoms with E-state index in [-0.39, 0.29) is 35.0 Å². The van der Waals surface area contributed by atoms with Crippen LogP contribution in [0.2, 0.25) is 0 Å². The predicted molar refractivity (Wildman–Crippen MR) is 114 cm³/mol. The second kappa shape index (κ2) is 10.1. The van der Waals surface area contributed by atoms with Crippen LogP contribution in [0.25, 0.3) is 0 Å². The van der Waals surface area contributed by atoms with Crippen LogP contribution in [0.5, 0.6) is 11.5 Å². The van der Waals surface area contributed by atoms with Crippen LogP contribution in [0.3, 0.4) is 0 Å². The van der Waals surface area contributed by atoms with Gasteiger partial charge in [0, 0.05) is 6.54 Å². The zero-order chi connectivity index (χ0) is 22.4. The molecule has 1 amide bonds. The number of furan rings is 1. The fourth-order valence-electron chi connectivity index (χ4n) is 2.81. The Bertz CT molecular complexity index is 1080. The molecule has 1 N–H and O–H groups in total. The third-order valence-electron chi connectivity index (χ3n) is 4.14. The molecule has 31 heavy (non-hydrogen) atoms. The van der Waals surface area contributed by atoms with Crippen molar-refractivity contribution in [2.24, 2.45) is 0 Å². The highest BCUT2D eigenvalue weighted by Crippen LogP contribution is 2.28. The number of halogens is 1. The minimum atomic E-state index is -0.584. The summed E-state index contributed by atoms with van der Waals surface area (Å²) in [6.45, 7) is 5.24. The smallest absolute Gasteiger partial charge is 0.404 e. The number of nitrogens with one attached hydrogen (secondary N) is 1. The number of hydrogen-bond acceptors (Lipinski definition) is 7. The second-order valence-corrected chi connectivity index (χ2v) is 7.21. The molecule has 11 heteroatoms. The third kappa shape index (κ3) is 5.63. The van der Waals surface area contributed by atoms with E-state index < -0.39 is 4.92 Å². The number of aromatic nitrogens is 2. The van der Waals surface area contributed by atoms with Crippen LogP contribution in [0.1, 0.15) is 35.7 Å². The van der Waals surface area contributed by atoms with Crippen LogP contribution in [0.15, 0.2) is 45.4 Å². The van der Waals surface area contributed by atoms with Crippen molar-refractivity contribution in [3.8, 4) is 11.5 Å². The highest BCUT2D eigenvalue weighted by atomic mass is 79.9. The molecule has 0 aliphatic heterocycles. The second-order valence-electron chi connectivity index (χ2n) is 6.35. The first-order valence-corrected chi connectivity index (χ1v) is 10.3. The Morgan fingerprint density at radius 2 is 1.97 bits per heavy atom. The molecule has 0 bridgehead atoms. The van der Waals surface area contributed by atoms with Crippen LogP contribution in [0, 0.1) is 10.1 Å². The van der Waals surface area contributed by atoms with E-state index >= 15 is 0 Å². The van der Waals surface area contributed by atoms with Gasteiger partial charge in [-0.25, -0.2) is 0 Å². The van der Waals surface area contributed by atoms with E-state index in [1.807, 2.05) is 32.0 Å². The molecule has 0 spiro atoms. The molecule has 0 radical (unpaired) electrons. The first-order chi connectivity index (χ1) is 14.9. The molecule has 3 aromatic rings. The summed E-state index contributed by atoms with van der Waals surface area (Å²) >= 11 is 3.09. The monoisotopic (exact) mass is 492 g/mol. The molecule has 1 aromatic carbocycles. The van der Waals surface area contributed by atoms with Crippen molar-refractivity contribution >= 4 is 27.7 Å². The Kier molecular flexibility index (Phi) is 7.29. The van der Waals surface area contributed by atoms with Crippen LogP contribution in [-0.2, 0) is 13.1 Å². The molecule has 0 saturated carbocycles. The molecular weight excluding hydrogens is 472 g/mol. The van der Waals surface area contributed by atoms with Crippen molar-refractivity contribution in [2.75, 3.05) is 13.2 Å². The number of nitro groups is 1. The van der Waals surface area contributed by atoms with Gasteiger partial charge in [0.1, 0.15) is 16.8 Å². The lowest BCUT2D eigenvalue weighted by molar-refractivity contribution is -0.390. The van der Waals surface area contributed by atoms with Gasteiger partial charge in [-0.1, -0.05) is 6.07 Å². The topological polar surface area (TPSA) is 122 Å². The summed E-state index contributed by atoms with van der Waals surface area (Å²) < 4.78 is 18.3. The number of nitrogens with zero attached hydrogens (tertiary/aromatic N) is 3. The predicted octanol–water partition coefficient (Wildman–Crippen LogP) is 3.92. The minimum absolute atomic E-state index is 0.131. The van der Waals surface area contributed by atoms with E-state index in [2.05, 4.69) is 26.3 Å². The zero-order valence-corrected chi connectivity index (χ0v) is 18.5. The largest absolute Gasteiger partial charge is 0.490 e. The van der Waals surface area contributed by atoms with Gasteiger partial charge >= 0.3 is 5.82 Å². The number of amides is 1. The Morgan fingerprint density at radius 3 is 2.65 bits per heavy atom. The minimum Gasteiger partial charge on any atom is -0.490 e. The fourth-order valence-corrected chi connectivity index (χ4v) is 3.27. The van der Waals surface area contributed by atoms with Gasteiger partial charge in [-0.3, -0.25) is 4.79 Å². The Morgan fingerprint density at radius 1 is 1.23 bits per heavy atom. The van der Waals surface area contributed by atoms with E-state index in [9.17, 15) is 14.9 Å². The molecule has 2 aromatic heterocycles. The summed E-state index contributed by atoms with van der Waals surface area (Å²) in [4.78, 5) is 22.7. The molecule has 164 valence electrons. The standard InChI is InChI=1S/C20H21BrN4O6/c1-3-29-16-7-5-13(9-18(16)30-4-2)10-22-20(26)17-8-6-14(31-17)11-24-12-15(21)19(23-24)25(27)28/h5-9,12H,3-4,10-11H2,1-2H3,(H,22,26). The number of benzene rings is 1. The summed E-state index contributed by atoms with van der Waals surface area (Å²) in [5.74, 6) is 1.18. The van der Waals surface area contributed by atoms with Gasteiger partial charge in [0.25, 0.3) is 5.91 Å². The average molecular weight is 493 g/mol. The summed E-state index contributed by atoms with van der Waals surface area (Å²) in [5, 5.41) is 17.5. The number of ether oxygens (including phenoxy) is 2. The van der Waals surface area contributed by atoms with Crippen molar-refractivity contribution in [1.29, 1.82) is 0 Å². The number of carbonyl (C=O) groups is 1. The van der Waals surface area contributed by atoms with Crippen LogP contribution >= 0.6 is 15.9 Å². The molecule has 0 saturated heterocycles. The summed E-state index contributed by atoms with van der Waals surface area (Å²) in [5.41, 5.74) is 0.848. The number of rotatable bonds is 10. The lowest BCUT2D eigenvalue weighted by Crippen LogP contribution is -2.22. The van der Waals surface area contributed by atoms with Crippen LogP contribution < -0.4 is 14.8 Å². The SMILES string of the molecule is CCOc1ccc(CNC(=O)c2ccc(Cn3cc(Br)c([N+](=O)[O-])n3)o2)cc1OCC. The van der Waals surface area contributed by atoms with Crippen molar-refractivity contribution in [3.63, 3.8) is 0 Å². The van der Waals surface area contributed by atoms with Crippen molar-refractivity contribution in [2.45, 2.75) is 26.9 Å². The lowest BCUT2D eigenvalue weighted by Gasteiger charge is -2.12. The van der Waals surface area contributed by atoms with Crippen molar-refractivity contribution < 1.29 is 23.6 Å². The van der Waals surface area contributed by atoms with Gasteiger partial charge in [0.15, 0.2) is 17.3 Å². The van der Waals surface area contributed by atoms with E-state index in [1.165, 1.54) is 10.9 Å². The maximum Gasteiger partial charge on any atom is 0.404 e. The Balaban J connectivity index is 1.62. The van der Waals surface area contributed by atoms with Gasteiger partial charge in [-0.05, 0) is 64.5 Å². The van der Waals surface area contributed by atoms with E-state index in [4.69, 9.17) is 13.9 Å². The van der Waals surface area contributed by atoms with Gasteiger partial charge in [-0.2, -0.15) is 4.68 Å². The Hall–Kier alpha value is -3.34. The first kappa shape index (κ1) is 22.3.